The number of benzene rings is 2. The number of amides is 2. The van der Waals surface area contributed by atoms with Gasteiger partial charge in [-0.1, -0.05) is 25.1 Å². The topological polar surface area (TPSA) is 89.6 Å². The Labute approximate surface area is 181 Å². The standard InChI is InChI=1S/C24H27N3O4/c1-5-12-25-23(28)15(2)26-24(29)18-14-20(27-19-9-7-6-8-17(18)19)16-10-11-21(30-3)22(13-16)31-4/h6-11,13-15H,5,12H2,1-4H3,(H,25,28)(H,26,29)/t15-/m0/s1. The molecule has 1 aromatic heterocycles. The third-order valence-electron chi connectivity index (χ3n) is 4.93. The largest absolute Gasteiger partial charge is 0.493 e. The average molecular weight is 421 g/mol. The van der Waals surface area contributed by atoms with Gasteiger partial charge in [0.15, 0.2) is 11.5 Å². The molecule has 7 nitrogen and oxygen atoms in total. The lowest BCUT2D eigenvalue weighted by molar-refractivity contribution is -0.122. The number of rotatable bonds is 8. The summed E-state index contributed by atoms with van der Waals surface area (Å²) in [6.07, 6.45) is 0.829. The van der Waals surface area contributed by atoms with Gasteiger partial charge in [0.2, 0.25) is 5.91 Å². The van der Waals surface area contributed by atoms with Crippen molar-refractivity contribution in [3.8, 4) is 22.8 Å². The van der Waals surface area contributed by atoms with Crippen LogP contribution < -0.4 is 20.1 Å². The number of hydrogen-bond donors (Lipinski definition) is 2. The first kappa shape index (κ1) is 22.1. The van der Waals surface area contributed by atoms with Crippen molar-refractivity contribution in [3.05, 3.63) is 54.1 Å². The number of pyridine rings is 1. The fourth-order valence-corrected chi connectivity index (χ4v) is 3.25. The van der Waals surface area contributed by atoms with E-state index in [1.54, 1.807) is 33.3 Å². The van der Waals surface area contributed by atoms with Gasteiger partial charge in [-0.2, -0.15) is 0 Å². The van der Waals surface area contributed by atoms with Crippen molar-refractivity contribution in [1.82, 2.24) is 15.6 Å². The Hall–Kier alpha value is -3.61. The molecule has 0 aliphatic heterocycles. The van der Waals surface area contributed by atoms with E-state index in [0.29, 0.717) is 40.2 Å². The van der Waals surface area contributed by atoms with Gasteiger partial charge in [0.25, 0.3) is 5.91 Å². The number of carbonyl (C=O) groups excluding carboxylic acids is 2. The highest BCUT2D eigenvalue weighted by molar-refractivity contribution is 6.08. The van der Waals surface area contributed by atoms with Crippen LogP contribution in [0.5, 0.6) is 11.5 Å². The minimum Gasteiger partial charge on any atom is -0.493 e. The summed E-state index contributed by atoms with van der Waals surface area (Å²) >= 11 is 0. The molecule has 1 heterocycles. The van der Waals surface area contributed by atoms with Gasteiger partial charge in [-0.25, -0.2) is 4.98 Å². The summed E-state index contributed by atoms with van der Waals surface area (Å²) in [7, 11) is 3.14. The SMILES string of the molecule is CCCNC(=O)[C@H](C)NC(=O)c1cc(-c2ccc(OC)c(OC)c2)nc2ccccc12. The molecule has 0 bridgehead atoms. The molecule has 0 aliphatic rings. The molecule has 0 radical (unpaired) electrons. The Bertz CT molecular complexity index is 1100. The quantitative estimate of drug-likeness (QED) is 0.580. The molecule has 2 N–H and O–H groups in total. The van der Waals surface area contributed by atoms with E-state index in [1.807, 2.05) is 43.3 Å². The summed E-state index contributed by atoms with van der Waals surface area (Å²) in [6, 6.07) is 14.0. The van der Waals surface area contributed by atoms with Crippen molar-refractivity contribution in [2.45, 2.75) is 26.3 Å². The van der Waals surface area contributed by atoms with Gasteiger partial charge in [-0.15, -0.1) is 0 Å². The Morgan fingerprint density at radius 3 is 2.48 bits per heavy atom. The molecule has 2 aromatic carbocycles. The third kappa shape index (κ3) is 4.94. The number of ether oxygens (including phenoxy) is 2. The fourth-order valence-electron chi connectivity index (χ4n) is 3.25. The van der Waals surface area contributed by atoms with Gasteiger partial charge >= 0.3 is 0 Å². The molecule has 162 valence electrons. The monoisotopic (exact) mass is 421 g/mol. The van der Waals surface area contributed by atoms with Crippen molar-refractivity contribution < 1.29 is 19.1 Å². The maximum Gasteiger partial charge on any atom is 0.252 e. The minimum absolute atomic E-state index is 0.214. The average Bonchev–Trinajstić information content (AvgIpc) is 2.81. The van der Waals surface area contributed by atoms with E-state index in [9.17, 15) is 9.59 Å². The lowest BCUT2D eigenvalue weighted by Crippen LogP contribution is -2.45. The molecule has 0 spiro atoms. The van der Waals surface area contributed by atoms with Crippen LogP contribution >= 0.6 is 0 Å². The number of aromatic nitrogens is 1. The lowest BCUT2D eigenvalue weighted by Gasteiger charge is -2.16. The first-order valence-corrected chi connectivity index (χ1v) is 10.2. The number of carbonyl (C=O) groups is 2. The first-order chi connectivity index (χ1) is 15.0. The van der Waals surface area contributed by atoms with Gasteiger partial charge in [0.1, 0.15) is 6.04 Å². The van der Waals surface area contributed by atoms with Crippen LogP contribution in [0.3, 0.4) is 0 Å². The molecular formula is C24H27N3O4. The number of nitrogens with zero attached hydrogens (tertiary/aromatic N) is 1. The van der Waals surface area contributed by atoms with E-state index >= 15 is 0 Å². The second kappa shape index (κ2) is 9.93. The molecule has 3 aromatic rings. The zero-order valence-electron chi connectivity index (χ0n) is 18.2. The van der Waals surface area contributed by atoms with E-state index in [0.717, 1.165) is 12.0 Å². The van der Waals surface area contributed by atoms with Gasteiger partial charge in [0.05, 0.1) is 31.0 Å². The minimum atomic E-state index is -0.657. The van der Waals surface area contributed by atoms with Crippen LogP contribution in [-0.2, 0) is 4.79 Å². The molecule has 7 heteroatoms. The summed E-state index contributed by atoms with van der Waals surface area (Å²) in [5.41, 5.74) is 2.53. The van der Waals surface area contributed by atoms with Crippen LogP contribution in [0.4, 0.5) is 0 Å². The van der Waals surface area contributed by atoms with Gasteiger partial charge in [0, 0.05) is 17.5 Å². The number of para-hydroxylation sites is 1. The molecule has 0 unspecified atom stereocenters. The van der Waals surface area contributed by atoms with Crippen molar-refractivity contribution in [1.29, 1.82) is 0 Å². The molecular weight excluding hydrogens is 394 g/mol. The first-order valence-electron chi connectivity index (χ1n) is 10.2. The highest BCUT2D eigenvalue weighted by atomic mass is 16.5. The second-order valence-electron chi connectivity index (χ2n) is 7.13. The Morgan fingerprint density at radius 1 is 1.03 bits per heavy atom. The molecule has 0 saturated heterocycles. The smallest absolute Gasteiger partial charge is 0.252 e. The summed E-state index contributed by atoms with van der Waals surface area (Å²) in [6.45, 7) is 4.21. The summed E-state index contributed by atoms with van der Waals surface area (Å²) in [4.78, 5) is 30.0. The molecule has 1 atom stereocenters. The van der Waals surface area contributed by atoms with Gasteiger partial charge < -0.3 is 20.1 Å². The highest BCUT2D eigenvalue weighted by Crippen LogP contribution is 2.33. The van der Waals surface area contributed by atoms with Crippen LogP contribution in [0, 0.1) is 0 Å². The van der Waals surface area contributed by atoms with Crippen molar-refractivity contribution >= 4 is 22.7 Å². The van der Waals surface area contributed by atoms with E-state index in [4.69, 9.17) is 14.5 Å². The summed E-state index contributed by atoms with van der Waals surface area (Å²) < 4.78 is 10.7. The Balaban J connectivity index is 2.00. The van der Waals surface area contributed by atoms with E-state index in [-0.39, 0.29) is 11.8 Å². The van der Waals surface area contributed by atoms with Crippen molar-refractivity contribution in [2.75, 3.05) is 20.8 Å². The zero-order chi connectivity index (χ0) is 22.4. The van der Waals surface area contributed by atoms with Crippen LogP contribution in [0.25, 0.3) is 22.2 Å². The lowest BCUT2D eigenvalue weighted by atomic mass is 10.0. The van der Waals surface area contributed by atoms with Crippen molar-refractivity contribution in [2.24, 2.45) is 0 Å². The van der Waals surface area contributed by atoms with Crippen LogP contribution in [0.1, 0.15) is 30.6 Å². The van der Waals surface area contributed by atoms with E-state index in [2.05, 4.69) is 10.6 Å². The summed E-state index contributed by atoms with van der Waals surface area (Å²) in [5, 5.41) is 6.30. The molecule has 31 heavy (non-hydrogen) atoms. The molecule has 3 rings (SSSR count). The van der Waals surface area contributed by atoms with Crippen LogP contribution in [0.15, 0.2) is 48.5 Å². The predicted molar refractivity (Wildman–Crippen MR) is 121 cm³/mol. The summed E-state index contributed by atoms with van der Waals surface area (Å²) in [5.74, 6) is 0.632. The number of fused-ring (bicyclic) bond motifs is 1. The Morgan fingerprint density at radius 2 is 1.77 bits per heavy atom. The Kier molecular flexibility index (Phi) is 7.07. The predicted octanol–water partition coefficient (Wildman–Crippen LogP) is 3.56. The van der Waals surface area contributed by atoms with E-state index in [1.165, 1.54) is 0 Å². The molecule has 2 amide bonds. The number of hydrogen-bond acceptors (Lipinski definition) is 5. The van der Waals surface area contributed by atoms with Gasteiger partial charge in [-0.3, -0.25) is 9.59 Å². The molecule has 0 fully saturated rings. The van der Waals surface area contributed by atoms with Gasteiger partial charge in [-0.05, 0) is 43.7 Å². The zero-order valence-corrected chi connectivity index (χ0v) is 18.2. The fraction of sp³-hybridized carbons (Fsp3) is 0.292. The second-order valence-corrected chi connectivity index (χ2v) is 7.13. The number of nitrogens with one attached hydrogen (secondary N) is 2. The van der Waals surface area contributed by atoms with Crippen LogP contribution in [-0.4, -0.2) is 43.6 Å². The third-order valence-corrected chi connectivity index (χ3v) is 4.93. The van der Waals surface area contributed by atoms with E-state index < -0.39 is 6.04 Å². The number of methoxy groups -OCH3 is 2. The normalized spacial score (nSPS) is 11.6. The van der Waals surface area contributed by atoms with Crippen molar-refractivity contribution in [3.63, 3.8) is 0 Å². The van der Waals surface area contributed by atoms with Crippen LogP contribution in [0.2, 0.25) is 0 Å². The maximum atomic E-state index is 13.1. The molecule has 0 aliphatic carbocycles. The highest BCUT2D eigenvalue weighted by Gasteiger charge is 2.19. The molecule has 0 saturated carbocycles. The maximum absolute atomic E-state index is 13.1.